The molecule has 3 rings (SSSR count). The van der Waals surface area contributed by atoms with Crippen LogP contribution in [0.3, 0.4) is 0 Å². The summed E-state index contributed by atoms with van der Waals surface area (Å²) < 4.78 is 44.5. The highest BCUT2D eigenvalue weighted by molar-refractivity contribution is 6.31. The molecule has 1 fully saturated rings. The molecule has 1 amide bonds. The lowest BCUT2D eigenvalue weighted by Crippen LogP contribution is -2.38. The molecule has 0 saturated heterocycles. The van der Waals surface area contributed by atoms with Crippen LogP contribution in [0, 0.1) is 0 Å². The molecular formula is C20H19ClF3NO2. The van der Waals surface area contributed by atoms with E-state index in [-0.39, 0.29) is 17.3 Å². The summed E-state index contributed by atoms with van der Waals surface area (Å²) in [5.41, 5.74) is -0.977. The minimum atomic E-state index is -4.58. The Morgan fingerprint density at radius 3 is 2.41 bits per heavy atom. The average Bonchev–Trinajstić information content (AvgIpc) is 3.12. The third kappa shape index (κ3) is 3.76. The summed E-state index contributed by atoms with van der Waals surface area (Å²) >= 11 is 6.32. The van der Waals surface area contributed by atoms with Crippen LogP contribution in [0.2, 0.25) is 5.02 Å². The summed E-state index contributed by atoms with van der Waals surface area (Å²) in [6.45, 7) is 0. The monoisotopic (exact) mass is 397 g/mol. The molecule has 3 nitrogen and oxygen atoms in total. The first-order valence-electron chi connectivity index (χ1n) is 8.59. The Morgan fingerprint density at radius 1 is 1.15 bits per heavy atom. The number of carbonyl (C=O) groups is 1. The molecule has 0 unspecified atom stereocenters. The van der Waals surface area contributed by atoms with Crippen molar-refractivity contribution in [1.29, 1.82) is 0 Å². The lowest BCUT2D eigenvalue weighted by Gasteiger charge is -2.29. The fraction of sp³-hybridized carbons (Fsp3) is 0.350. The van der Waals surface area contributed by atoms with Crippen LogP contribution in [0.25, 0.3) is 0 Å². The lowest BCUT2D eigenvalue weighted by atomic mass is 9.78. The van der Waals surface area contributed by atoms with Crippen molar-refractivity contribution in [2.24, 2.45) is 0 Å². The first kappa shape index (κ1) is 19.5. The summed E-state index contributed by atoms with van der Waals surface area (Å²) in [6, 6.07) is 10.6. The smallest absolute Gasteiger partial charge is 0.420 e. The van der Waals surface area contributed by atoms with Crippen LogP contribution >= 0.6 is 11.6 Å². The minimum Gasteiger partial charge on any atom is -0.496 e. The molecular weight excluding hydrogens is 379 g/mol. The maximum Gasteiger partial charge on any atom is 0.420 e. The standard InChI is InChI=1S/C20H19ClF3NO2/c1-27-17-9-8-13(12-15(17)20(22,23)24)25-18(26)19(10-4-5-11-19)14-6-2-3-7-16(14)21/h2-3,6-9,12H,4-5,10-11H2,1H3,(H,25,26). The predicted molar refractivity (Wildman–Crippen MR) is 98.2 cm³/mol. The zero-order chi connectivity index (χ0) is 19.7. The fourth-order valence-corrected chi connectivity index (χ4v) is 4.02. The molecule has 2 aromatic rings. The first-order chi connectivity index (χ1) is 12.8. The van der Waals surface area contributed by atoms with Gasteiger partial charge in [-0.2, -0.15) is 13.2 Å². The molecule has 0 radical (unpaired) electrons. The second-order valence-corrected chi connectivity index (χ2v) is 7.04. The Bertz CT molecular complexity index is 845. The van der Waals surface area contributed by atoms with Crippen molar-refractivity contribution >= 4 is 23.2 Å². The van der Waals surface area contributed by atoms with Gasteiger partial charge in [-0.15, -0.1) is 0 Å². The molecule has 0 atom stereocenters. The second-order valence-electron chi connectivity index (χ2n) is 6.64. The van der Waals surface area contributed by atoms with Crippen molar-refractivity contribution in [3.8, 4) is 5.75 Å². The quantitative estimate of drug-likeness (QED) is 0.706. The van der Waals surface area contributed by atoms with Crippen LogP contribution in [0.15, 0.2) is 42.5 Å². The number of hydrogen-bond acceptors (Lipinski definition) is 2. The highest BCUT2D eigenvalue weighted by atomic mass is 35.5. The highest BCUT2D eigenvalue weighted by Gasteiger charge is 2.44. The number of nitrogens with one attached hydrogen (secondary N) is 1. The van der Waals surface area contributed by atoms with E-state index >= 15 is 0 Å². The number of methoxy groups -OCH3 is 1. The van der Waals surface area contributed by atoms with Crippen LogP contribution in [0.1, 0.15) is 36.8 Å². The molecule has 7 heteroatoms. The second kappa shape index (κ2) is 7.43. The molecule has 27 heavy (non-hydrogen) atoms. The topological polar surface area (TPSA) is 38.3 Å². The van der Waals surface area contributed by atoms with E-state index in [1.807, 2.05) is 12.1 Å². The van der Waals surface area contributed by atoms with Crippen molar-refractivity contribution in [2.75, 3.05) is 12.4 Å². The summed E-state index contributed by atoms with van der Waals surface area (Å²) in [5, 5.41) is 3.15. The highest BCUT2D eigenvalue weighted by Crippen LogP contribution is 2.45. The van der Waals surface area contributed by atoms with Gasteiger partial charge in [0, 0.05) is 10.7 Å². The van der Waals surface area contributed by atoms with Crippen LogP contribution in [0.5, 0.6) is 5.75 Å². The van der Waals surface area contributed by atoms with Crippen molar-refractivity contribution in [2.45, 2.75) is 37.3 Å². The Hall–Kier alpha value is -2.21. The molecule has 1 aliphatic carbocycles. The Kier molecular flexibility index (Phi) is 5.38. The van der Waals surface area contributed by atoms with Crippen LogP contribution < -0.4 is 10.1 Å². The van der Waals surface area contributed by atoms with Gasteiger partial charge >= 0.3 is 6.18 Å². The number of hydrogen-bond donors (Lipinski definition) is 1. The normalized spacial score (nSPS) is 16.2. The van der Waals surface area contributed by atoms with E-state index in [0.717, 1.165) is 18.9 Å². The Morgan fingerprint density at radius 2 is 1.81 bits per heavy atom. The largest absolute Gasteiger partial charge is 0.496 e. The van der Waals surface area contributed by atoms with Gasteiger partial charge in [0.05, 0.1) is 18.1 Å². The Labute approximate surface area is 160 Å². The molecule has 0 aliphatic heterocycles. The molecule has 0 spiro atoms. The SMILES string of the molecule is COc1ccc(NC(=O)C2(c3ccccc3Cl)CCCC2)cc1C(F)(F)F. The number of benzene rings is 2. The maximum absolute atomic E-state index is 13.2. The average molecular weight is 398 g/mol. The van der Waals surface area contributed by atoms with E-state index in [0.29, 0.717) is 23.4 Å². The van der Waals surface area contributed by atoms with E-state index in [4.69, 9.17) is 16.3 Å². The van der Waals surface area contributed by atoms with Gasteiger partial charge in [0.1, 0.15) is 5.75 Å². The number of halogens is 4. The lowest BCUT2D eigenvalue weighted by molar-refractivity contribution is -0.138. The predicted octanol–water partition coefficient (Wildman–Crippen LogP) is 5.82. The molecule has 1 saturated carbocycles. The van der Waals surface area contributed by atoms with Gasteiger partial charge in [-0.3, -0.25) is 4.79 Å². The molecule has 144 valence electrons. The van der Waals surface area contributed by atoms with E-state index in [2.05, 4.69) is 5.32 Å². The molecule has 0 aromatic heterocycles. The zero-order valence-electron chi connectivity index (χ0n) is 14.7. The van der Waals surface area contributed by atoms with E-state index < -0.39 is 17.2 Å². The molecule has 0 bridgehead atoms. The summed E-state index contributed by atoms with van der Waals surface area (Å²) in [7, 11) is 1.17. The van der Waals surface area contributed by atoms with E-state index in [1.165, 1.54) is 19.2 Å². The summed E-state index contributed by atoms with van der Waals surface area (Å²) in [5.74, 6) is -0.631. The molecule has 0 heterocycles. The van der Waals surface area contributed by atoms with Crippen molar-refractivity contribution in [3.05, 3.63) is 58.6 Å². The van der Waals surface area contributed by atoms with E-state index in [1.54, 1.807) is 12.1 Å². The van der Waals surface area contributed by atoms with Crippen LogP contribution in [-0.2, 0) is 16.4 Å². The van der Waals surface area contributed by atoms with Crippen molar-refractivity contribution < 1.29 is 22.7 Å². The van der Waals surface area contributed by atoms with Gasteiger partial charge in [0.15, 0.2) is 0 Å². The fourth-order valence-electron chi connectivity index (χ4n) is 3.70. The van der Waals surface area contributed by atoms with Crippen molar-refractivity contribution in [1.82, 2.24) is 0 Å². The van der Waals surface area contributed by atoms with Gasteiger partial charge in [-0.1, -0.05) is 42.6 Å². The summed E-state index contributed by atoms with van der Waals surface area (Å²) in [4.78, 5) is 13.1. The number of anilines is 1. The molecule has 2 aromatic carbocycles. The number of carbonyl (C=O) groups excluding carboxylic acids is 1. The Balaban J connectivity index is 1.95. The zero-order valence-corrected chi connectivity index (χ0v) is 15.5. The number of amides is 1. The first-order valence-corrected chi connectivity index (χ1v) is 8.97. The molecule has 1 N–H and O–H groups in total. The van der Waals surface area contributed by atoms with Crippen LogP contribution in [-0.4, -0.2) is 13.0 Å². The molecule has 1 aliphatic rings. The van der Waals surface area contributed by atoms with E-state index in [9.17, 15) is 18.0 Å². The minimum absolute atomic E-state index is 0.0754. The van der Waals surface area contributed by atoms with Gasteiger partial charge < -0.3 is 10.1 Å². The number of ether oxygens (including phenoxy) is 1. The number of rotatable bonds is 4. The van der Waals surface area contributed by atoms with Crippen molar-refractivity contribution in [3.63, 3.8) is 0 Å². The van der Waals surface area contributed by atoms with Gasteiger partial charge in [0.2, 0.25) is 5.91 Å². The van der Waals surface area contributed by atoms with Gasteiger partial charge in [-0.05, 0) is 42.7 Å². The van der Waals surface area contributed by atoms with Gasteiger partial charge in [-0.25, -0.2) is 0 Å². The van der Waals surface area contributed by atoms with Crippen LogP contribution in [0.4, 0.5) is 18.9 Å². The third-order valence-electron chi connectivity index (χ3n) is 5.04. The van der Waals surface area contributed by atoms with Gasteiger partial charge in [0.25, 0.3) is 0 Å². The third-order valence-corrected chi connectivity index (χ3v) is 5.37. The summed E-state index contributed by atoms with van der Waals surface area (Å²) in [6.07, 6.45) is -1.67. The maximum atomic E-state index is 13.2. The number of alkyl halides is 3.